The lowest BCUT2D eigenvalue weighted by Crippen LogP contribution is -2.38. The van der Waals surface area contributed by atoms with Gasteiger partial charge in [0.25, 0.3) is 0 Å². The third-order valence-corrected chi connectivity index (χ3v) is 4.96. The van der Waals surface area contributed by atoms with Crippen molar-refractivity contribution in [3.63, 3.8) is 0 Å². The molecule has 1 aromatic carbocycles. The number of phenols is 1. The molecule has 2 aliphatic heterocycles. The third-order valence-electron chi connectivity index (χ3n) is 4.96. The van der Waals surface area contributed by atoms with Crippen molar-refractivity contribution in [2.24, 2.45) is 0 Å². The molecule has 4 rings (SSSR count). The molecule has 0 spiro atoms. The smallest absolute Gasteiger partial charge is 0.160 e. The highest BCUT2D eigenvalue weighted by Gasteiger charge is 2.34. The number of hydrogen-bond donors (Lipinski definition) is 1. The van der Waals surface area contributed by atoms with Crippen LogP contribution in [0.3, 0.4) is 0 Å². The summed E-state index contributed by atoms with van der Waals surface area (Å²) in [4.78, 5) is 2.46. The second kappa shape index (κ2) is 5.06. The summed E-state index contributed by atoms with van der Waals surface area (Å²) in [6.07, 6.45) is 2.88. The van der Waals surface area contributed by atoms with E-state index in [0.29, 0.717) is 11.8 Å². The minimum atomic E-state index is 0.232. The summed E-state index contributed by atoms with van der Waals surface area (Å²) in [6.45, 7) is 4.01. The van der Waals surface area contributed by atoms with Crippen LogP contribution in [0.25, 0.3) is 0 Å². The number of furan rings is 1. The van der Waals surface area contributed by atoms with Crippen molar-refractivity contribution in [3.8, 4) is 11.5 Å². The Morgan fingerprint density at radius 1 is 1.32 bits per heavy atom. The van der Waals surface area contributed by atoms with Crippen molar-refractivity contribution in [1.29, 1.82) is 0 Å². The zero-order valence-electron chi connectivity index (χ0n) is 13.1. The van der Waals surface area contributed by atoms with Crippen LogP contribution in [0.1, 0.15) is 41.2 Å². The summed E-state index contributed by atoms with van der Waals surface area (Å²) >= 11 is 0. The molecule has 1 aromatic heterocycles. The molecule has 116 valence electrons. The molecular weight excluding hydrogens is 278 g/mol. The van der Waals surface area contributed by atoms with E-state index in [4.69, 9.17) is 9.15 Å². The normalized spacial score (nSPS) is 20.2. The van der Waals surface area contributed by atoms with Gasteiger partial charge in [0, 0.05) is 19.0 Å². The number of rotatable bonds is 2. The Labute approximate surface area is 130 Å². The van der Waals surface area contributed by atoms with E-state index in [-0.39, 0.29) is 5.75 Å². The van der Waals surface area contributed by atoms with Crippen LogP contribution in [0.4, 0.5) is 0 Å². The Morgan fingerprint density at radius 2 is 2.18 bits per heavy atom. The average molecular weight is 299 g/mol. The molecule has 4 nitrogen and oxygen atoms in total. The van der Waals surface area contributed by atoms with Gasteiger partial charge in [-0.2, -0.15) is 0 Å². The van der Waals surface area contributed by atoms with Gasteiger partial charge in [-0.25, -0.2) is 0 Å². The Balaban J connectivity index is 1.74. The van der Waals surface area contributed by atoms with Gasteiger partial charge in [-0.15, -0.1) is 0 Å². The molecule has 22 heavy (non-hydrogen) atoms. The van der Waals surface area contributed by atoms with Gasteiger partial charge in [-0.1, -0.05) is 6.92 Å². The van der Waals surface area contributed by atoms with E-state index in [1.807, 2.05) is 12.1 Å². The maximum atomic E-state index is 10.1. The highest BCUT2D eigenvalue weighted by atomic mass is 16.5. The second-order valence-corrected chi connectivity index (χ2v) is 6.18. The first-order valence-electron chi connectivity index (χ1n) is 7.94. The molecule has 2 aliphatic rings. The molecule has 0 unspecified atom stereocenters. The Morgan fingerprint density at radius 3 is 2.95 bits per heavy atom. The molecular formula is C18H21NO3. The summed E-state index contributed by atoms with van der Waals surface area (Å²) in [5.74, 6) is 2.99. The molecule has 1 N–H and O–H groups in total. The summed E-state index contributed by atoms with van der Waals surface area (Å²) < 4.78 is 11.2. The topological polar surface area (TPSA) is 45.8 Å². The van der Waals surface area contributed by atoms with Gasteiger partial charge in [0.1, 0.15) is 11.5 Å². The molecule has 0 radical (unpaired) electrons. The largest absolute Gasteiger partial charge is 0.504 e. The number of nitrogens with zero attached hydrogens (tertiary/aromatic N) is 1. The number of methoxy groups -OCH3 is 1. The fourth-order valence-electron chi connectivity index (χ4n) is 3.76. The fraction of sp³-hybridized carbons (Fsp3) is 0.444. The minimum Gasteiger partial charge on any atom is -0.504 e. The third kappa shape index (κ3) is 2.02. The van der Waals surface area contributed by atoms with Gasteiger partial charge in [0.05, 0.1) is 13.7 Å². The number of aryl methyl sites for hydroxylation is 1. The number of benzene rings is 1. The van der Waals surface area contributed by atoms with Gasteiger partial charge >= 0.3 is 0 Å². The van der Waals surface area contributed by atoms with Gasteiger partial charge in [0.15, 0.2) is 11.5 Å². The minimum absolute atomic E-state index is 0.232. The summed E-state index contributed by atoms with van der Waals surface area (Å²) in [5, 5.41) is 10.1. The molecule has 0 saturated carbocycles. The first-order valence-corrected chi connectivity index (χ1v) is 7.94. The predicted octanol–water partition coefficient (Wildman–Crippen LogP) is 3.21. The average Bonchev–Trinajstić information content (AvgIpc) is 2.94. The molecule has 0 saturated heterocycles. The van der Waals surface area contributed by atoms with Crippen molar-refractivity contribution >= 4 is 0 Å². The van der Waals surface area contributed by atoms with Gasteiger partial charge in [-0.05, 0) is 47.7 Å². The lowest BCUT2D eigenvalue weighted by Gasteiger charge is -2.40. The first kappa shape index (κ1) is 13.7. The lowest BCUT2D eigenvalue weighted by atomic mass is 9.86. The van der Waals surface area contributed by atoms with Crippen LogP contribution < -0.4 is 4.74 Å². The quantitative estimate of drug-likeness (QED) is 0.925. The van der Waals surface area contributed by atoms with Crippen LogP contribution in [0, 0.1) is 0 Å². The van der Waals surface area contributed by atoms with Gasteiger partial charge in [0.2, 0.25) is 0 Å². The zero-order valence-corrected chi connectivity index (χ0v) is 13.1. The van der Waals surface area contributed by atoms with Crippen molar-refractivity contribution in [3.05, 3.63) is 46.4 Å². The number of ether oxygens (including phenoxy) is 1. The highest BCUT2D eigenvalue weighted by molar-refractivity contribution is 5.49. The molecule has 4 heteroatoms. The Kier molecular flexibility index (Phi) is 3.15. The van der Waals surface area contributed by atoms with Crippen LogP contribution in [0.15, 0.2) is 22.6 Å². The summed E-state index contributed by atoms with van der Waals surface area (Å²) in [6, 6.07) is 6.40. The Bertz CT molecular complexity index is 719. The maximum absolute atomic E-state index is 10.1. The van der Waals surface area contributed by atoms with Crippen molar-refractivity contribution < 1.29 is 14.3 Å². The number of aromatic hydroxyl groups is 1. The summed E-state index contributed by atoms with van der Waals surface area (Å²) in [7, 11) is 1.60. The molecule has 0 aliphatic carbocycles. The standard InChI is InChI=1S/C18H21NO3/c1-3-13-6-12-7-15-14-9-16(20)17(21-2)8-11(14)4-5-19(15)10-18(12)22-13/h6,8-9,15,20H,3-5,7,10H2,1-2H3/t15-/m0/s1. The molecule has 0 bridgehead atoms. The van der Waals surface area contributed by atoms with Crippen molar-refractivity contribution in [1.82, 2.24) is 4.90 Å². The lowest BCUT2D eigenvalue weighted by molar-refractivity contribution is 0.144. The Hall–Kier alpha value is -1.94. The van der Waals surface area contributed by atoms with Crippen LogP contribution >= 0.6 is 0 Å². The van der Waals surface area contributed by atoms with Gasteiger partial charge in [-0.3, -0.25) is 4.90 Å². The number of hydrogen-bond acceptors (Lipinski definition) is 4. The van der Waals surface area contributed by atoms with E-state index < -0.39 is 0 Å². The second-order valence-electron chi connectivity index (χ2n) is 6.18. The van der Waals surface area contributed by atoms with E-state index in [0.717, 1.165) is 43.9 Å². The highest BCUT2D eigenvalue weighted by Crippen LogP contribution is 2.42. The van der Waals surface area contributed by atoms with E-state index in [1.165, 1.54) is 16.7 Å². The monoisotopic (exact) mass is 299 g/mol. The first-order chi connectivity index (χ1) is 10.7. The predicted molar refractivity (Wildman–Crippen MR) is 83.3 cm³/mol. The fourth-order valence-corrected chi connectivity index (χ4v) is 3.76. The van der Waals surface area contributed by atoms with Crippen molar-refractivity contribution in [2.45, 2.75) is 38.8 Å². The number of fused-ring (bicyclic) bond motifs is 4. The van der Waals surface area contributed by atoms with E-state index in [1.54, 1.807) is 7.11 Å². The van der Waals surface area contributed by atoms with Gasteiger partial charge < -0.3 is 14.3 Å². The van der Waals surface area contributed by atoms with E-state index in [2.05, 4.69) is 17.9 Å². The number of phenolic OH excluding ortho intramolecular Hbond substituents is 1. The van der Waals surface area contributed by atoms with E-state index >= 15 is 0 Å². The SMILES string of the molecule is CCc1cc2c(o1)CN1CCc3cc(OC)c(O)cc3[C@@H]1C2. The molecule has 0 fully saturated rings. The molecule has 0 amide bonds. The van der Waals surface area contributed by atoms with Crippen LogP contribution in [-0.4, -0.2) is 23.7 Å². The van der Waals surface area contributed by atoms with Crippen LogP contribution in [-0.2, 0) is 25.8 Å². The van der Waals surface area contributed by atoms with Crippen LogP contribution in [0.2, 0.25) is 0 Å². The maximum Gasteiger partial charge on any atom is 0.160 e. The summed E-state index contributed by atoms with van der Waals surface area (Å²) in [5.41, 5.74) is 3.84. The van der Waals surface area contributed by atoms with Crippen molar-refractivity contribution in [2.75, 3.05) is 13.7 Å². The molecule has 1 atom stereocenters. The van der Waals surface area contributed by atoms with Crippen LogP contribution in [0.5, 0.6) is 11.5 Å². The zero-order chi connectivity index (χ0) is 15.3. The van der Waals surface area contributed by atoms with E-state index in [9.17, 15) is 5.11 Å². The molecule has 3 heterocycles. The molecule has 2 aromatic rings.